The van der Waals surface area contributed by atoms with Gasteiger partial charge in [0.2, 0.25) is 0 Å². The van der Waals surface area contributed by atoms with Gasteiger partial charge in [0.15, 0.2) is 0 Å². The normalized spacial score (nSPS) is 16.0. The van der Waals surface area contributed by atoms with Crippen LogP contribution in [0.2, 0.25) is 0 Å². The molecule has 2 nitrogen and oxygen atoms in total. The molecule has 0 bridgehead atoms. The maximum absolute atomic E-state index is 3.26. The molecule has 2 heteroatoms. The molecule has 0 saturated carbocycles. The SMILES string of the molecule is Cc1ccc(N2CC=CNCC2)c(C)c1. The third kappa shape index (κ3) is 2.32. The predicted octanol–water partition coefficient (Wildman–Crippen LogP) is 2.23. The quantitative estimate of drug-likeness (QED) is 0.751. The molecule has 0 aromatic heterocycles. The molecule has 0 amide bonds. The lowest BCUT2D eigenvalue weighted by atomic mass is 10.1. The fraction of sp³-hybridized carbons (Fsp3) is 0.385. The van der Waals surface area contributed by atoms with Gasteiger partial charge in [-0.2, -0.15) is 0 Å². The summed E-state index contributed by atoms with van der Waals surface area (Å²) in [6.07, 6.45) is 4.22. The van der Waals surface area contributed by atoms with Gasteiger partial charge in [0.05, 0.1) is 0 Å². The molecule has 1 aromatic carbocycles. The second-order valence-corrected chi connectivity index (χ2v) is 4.09. The highest BCUT2D eigenvalue weighted by molar-refractivity contribution is 5.55. The van der Waals surface area contributed by atoms with E-state index < -0.39 is 0 Å². The van der Waals surface area contributed by atoms with Crippen molar-refractivity contribution >= 4 is 5.69 Å². The van der Waals surface area contributed by atoms with Crippen molar-refractivity contribution in [3.05, 3.63) is 41.6 Å². The standard InChI is InChI=1S/C13H18N2/c1-11-4-5-13(12(2)10-11)15-8-3-6-14-7-9-15/h3-6,10,14H,7-9H2,1-2H3. The maximum Gasteiger partial charge on any atom is 0.0399 e. The van der Waals surface area contributed by atoms with Gasteiger partial charge in [0.25, 0.3) is 0 Å². The Bertz CT molecular complexity index is 369. The molecule has 0 atom stereocenters. The van der Waals surface area contributed by atoms with Gasteiger partial charge in [0.1, 0.15) is 0 Å². The van der Waals surface area contributed by atoms with Crippen LogP contribution in [0, 0.1) is 13.8 Å². The first-order valence-electron chi connectivity index (χ1n) is 5.48. The van der Waals surface area contributed by atoms with Crippen molar-refractivity contribution in [1.82, 2.24) is 5.32 Å². The van der Waals surface area contributed by atoms with Crippen molar-refractivity contribution < 1.29 is 0 Å². The topological polar surface area (TPSA) is 15.3 Å². The molecule has 1 N–H and O–H groups in total. The van der Waals surface area contributed by atoms with Gasteiger partial charge in [0, 0.05) is 25.3 Å². The van der Waals surface area contributed by atoms with E-state index in [1.165, 1.54) is 16.8 Å². The summed E-state index contributed by atoms with van der Waals surface area (Å²) < 4.78 is 0. The Balaban J connectivity index is 2.24. The van der Waals surface area contributed by atoms with Gasteiger partial charge in [-0.05, 0) is 37.8 Å². The monoisotopic (exact) mass is 202 g/mol. The molecule has 1 heterocycles. The third-order valence-electron chi connectivity index (χ3n) is 2.78. The van der Waals surface area contributed by atoms with E-state index in [9.17, 15) is 0 Å². The summed E-state index contributed by atoms with van der Waals surface area (Å²) in [7, 11) is 0. The molecule has 2 rings (SSSR count). The van der Waals surface area contributed by atoms with E-state index in [1.807, 2.05) is 6.20 Å². The van der Waals surface area contributed by atoms with Crippen molar-refractivity contribution in [2.24, 2.45) is 0 Å². The molecule has 0 unspecified atom stereocenters. The van der Waals surface area contributed by atoms with Gasteiger partial charge in [-0.25, -0.2) is 0 Å². The van der Waals surface area contributed by atoms with Crippen LogP contribution in [0.4, 0.5) is 5.69 Å². The lowest BCUT2D eigenvalue weighted by molar-refractivity contribution is 0.800. The molecule has 15 heavy (non-hydrogen) atoms. The number of aryl methyl sites for hydroxylation is 2. The number of anilines is 1. The van der Waals surface area contributed by atoms with E-state index in [2.05, 4.69) is 48.3 Å². The van der Waals surface area contributed by atoms with Gasteiger partial charge in [-0.1, -0.05) is 17.7 Å². The Morgan fingerprint density at radius 2 is 2.13 bits per heavy atom. The summed E-state index contributed by atoms with van der Waals surface area (Å²) in [5.74, 6) is 0. The summed E-state index contributed by atoms with van der Waals surface area (Å²) in [5, 5.41) is 3.26. The van der Waals surface area contributed by atoms with Crippen molar-refractivity contribution in [2.75, 3.05) is 24.5 Å². The summed E-state index contributed by atoms with van der Waals surface area (Å²) in [4.78, 5) is 2.41. The van der Waals surface area contributed by atoms with Crippen LogP contribution in [0.15, 0.2) is 30.5 Å². The maximum atomic E-state index is 3.26. The first kappa shape index (κ1) is 10.1. The highest BCUT2D eigenvalue weighted by atomic mass is 15.1. The van der Waals surface area contributed by atoms with Gasteiger partial charge in [-0.3, -0.25) is 0 Å². The molecule has 0 fully saturated rings. The zero-order valence-electron chi connectivity index (χ0n) is 9.46. The van der Waals surface area contributed by atoms with E-state index in [-0.39, 0.29) is 0 Å². The fourth-order valence-electron chi connectivity index (χ4n) is 2.02. The third-order valence-corrected chi connectivity index (χ3v) is 2.78. The van der Waals surface area contributed by atoms with Gasteiger partial charge < -0.3 is 10.2 Å². The van der Waals surface area contributed by atoms with Crippen LogP contribution in [-0.2, 0) is 0 Å². The van der Waals surface area contributed by atoms with E-state index in [0.717, 1.165) is 19.6 Å². The first-order valence-corrected chi connectivity index (χ1v) is 5.48. The van der Waals surface area contributed by atoms with Gasteiger partial charge in [-0.15, -0.1) is 0 Å². The minimum Gasteiger partial charge on any atom is -0.389 e. The lowest BCUT2D eigenvalue weighted by Crippen LogP contribution is -2.28. The molecule has 1 aliphatic heterocycles. The zero-order valence-corrected chi connectivity index (χ0v) is 9.46. The minimum atomic E-state index is 0.997. The fourth-order valence-corrected chi connectivity index (χ4v) is 2.02. The van der Waals surface area contributed by atoms with Gasteiger partial charge >= 0.3 is 0 Å². The van der Waals surface area contributed by atoms with Crippen LogP contribution in [0.1, 0.15) is 11.1 Å². The molecule has 80 valence electrons. The summed E-state index contributed by atoms with van der Waals surface area (Å²) in [5.41, 5.74) is 4.05. The number of hydrogen-bond acceptors (Lipinski definition) is 2. The van der Waals surface area contributed by atoms with Crippen LogP contribution < -0.4 is 10.2 Å². The number of nitrogens with one attached hydrogen (secondary N) is 1. The zero-order chi connectivity index (χ0) is 10.7. The van der Waals surface area contributed by atoms with E-state index in [4.69, 9.17) is 0 Å². The highest BCUT2D eigenvalue weighted by Gasteiger charge is 2.08. The van der Waals surface area contributed by atoms with Crippen LogP contribution in [0.3, 0.4) is 0 Å². The first-order chi connectivity index (χ1) is 7.27. The average molecular weight is 202 g/mol. The van der Waals surface area contributed by atoms with Crippen molar-refractivity contribution in [1.29, 1.82) is 0 Å². The molecule has 0 aliphatic carbocycles. The smallest absolute Gasteiger partial charge is 0.0399 e. The molecule has 0 radical (unpaired) electrons. The average Bonchev–Trinajstić information content (AvgIpc) is 2.46. The Kier molecular flexibility index (Phi) is 2.95. The number of nitrogens with zero attached hydrogens (tertiary/aromatic N) is 1. The number of hydrogen-bond donors (Lipinski definition) is 1. The van der Waals surface area contributed by atoms with Crippen LogP contribution in [0.5, 0.6) is 0 Å². The molecule has 1 aromatic rings. The second kappa shape index (κ2) is 4.39. The lowest BCUT2D eigenvalue weighted by Gasteiger charge is -2.24. The molecular formula is C13H18N2. The Labute approximate surface area is 91.6 Å². The number of benzene rings is 1. The summed E-state index contributed by atoms with van der Waals surface area (Å²) >= 11 is 0. The summed E-state index contributed by atoms with van der Waals surface area (Å²) in [6, 6.07) is 6.66. The Morgan fingerprint density at radius 1 is 1.27 bits per heavy atom. The number of rotatable bonds is 1. The summed E-state index contributed by atoms with van der Waals surface area (Å²) in [6.45, 7) is 7.41. The van der Waals surface area contributed by atoms with Crippen molar-refractivity contribution in [3.63, 3.8) is 0 Å². The van der Waals surface area contributed by atoms with E-state index in [0.29, 0.717) is 0 Å². The Hall–Kier alpha value is -1.44. The van der Waals surface area contributed by atoms with Crippen molar-refractivity contribution in [3.8, 4) is 0 Å². The van der Waals surface area contributed by atoms with E-state index in [1.54, 1.807) is 0 Å². The van der Waals surface area contributed by atoms with E-state index >= 15 is 0 Å². The largest absolute Gasteiger partial charge is 0.389 e. The Morgan fingerprint density at radius 3 is 2.93 bits per heavy atom. The second-order valence-electron chi connectivity index (χ2n) is 4.09. The van der Waals surface area contributed by atoms with Crippen LogP contribution in [-0.4, -0.2) is 19.6 Å². The van der Waals surface area contributed by atoms with Crippen LogP contribution >= 0.6 is 0 Å². The molecule has 0 saturated heterocycles. The highest BCUT2D eigenvalue weighted by Crippen LogP contribution is 2.21. The van der Waals surface area contributed by atoms with Crippen molar-refractivity contribution in [2.45, 2.75) is 13.8 Å². The van der Waals surface area contributed by atoms with Crippen LogP contribution in [0.25, 0.3) is 0 Å². The molecule has 1 aliphatic rings. The predicted molar refractivity (Wildman–Crippen MR) is 65.3 cm³/mol. The molecular weight excluding hydrogens is 184 g/mol. The minimum absolute atomic E-state index is 0.997. The molecule has 0 spiro atoms.